The van der Waals surface area contributed by atoms with Crippen LogP contribution in [0.2, 0.25) is 0 Å². The van der Waals surface area contributed by atoms with Crippen LogP contribution in [-0.2, 0) is 6.42 Å². The largest absolute Gasteiger partial charge is 0.497 e. The molecule has 0 aliphatic carbocycles. The van der Waals surface area contributed by atoms with E-state index in [1.165, 1.54) is 11.3 Å². The Morgan fingerprint density at radius 2 is 1.86 bits per heavy atom. The average Bonchev–Trinajstić information content (AvgIpc) is 2.91. The molecule has 0 saturated carbocycles. The second-order valence-electron chi connectivity index (χ2n) is 4.44. The molecule has 21 heavy (non-hydrogen) atoms. The summed E-state index contributed by atoms with van der Waals surface area (Å²) in [7, 11) is 3.11. The molecule has 0 atom stereocenters. The molecule has 5 nitrogen and oxygen atoms in total. The van der Waals surface area contributed by atoms with E-state index in [1.54, 1.807) is 32.4 Å². The normalized spacial score (nSPS) is 10.4. The highest BCUT2D eigenvalue weighted by atomic mass is 32.1. The van der Waals surface area contributed by atoms with Crippen LogP contribution in [0.3, 0.4) is 0 Å². The van der Waals surface area contributed by atoms with E-state index in [2.05, 4.69) is 4.98 Å². The van der Waals surface area contributed by atoms with Crippen LogP contribution in [0, 0.1) is 0 Å². The predicted molar refractivity (Wildman–Crippen MR) is 81.6 cm³/mol. The Morgan fingerprint density at radius 3 is 2.33 bits per heavy atom. The third-order valence-corrected chi connectivity index (χ3v) is 4.06. The number of methoxy groups -OCH3 is 2. The zero-order valence-electron chi connectivity index (χ0n) is 12.2. The molecule has 0 spiro atoms. The van der Waals surface area contributed by atoms with E-state index in [9.17, 15) is 9.90 Å². The van der Waals surface area contributed by atoms with Crippen molar-refractivity contribution in [2.24, 2.45) is 0 Å². The van der Waals surface area contributed by atoms with Crippen LogP contribution in [0.5, 0.6) is 11.5 Å². The zero-order chi connectivity index (χ0) is 15.4. The first-order valence-electron chi connectivity index (χ1n) is 6.55. The minimum Gasteiger partial charge on any atom is -0.497 e. The molecule has 0 radical (unpaired) electrons. The summed E-state index contributed by atoms with van der Waals surface area (Å²) < 4.78 is 10.4. The summed E-state index contributed by atoms with van der Waals surface area (Å²) in [4.78, 5) is 16.1. The fourth-order valence-electron chi connectivity index (χ4n) is 1.97. The summed E-state index contributed by atoms with van der Waals surface area (Å²) in [5, 5.41) is 10.2. The third kappa shape index (κ3) is 3.33. The fraction of sp³-hybridized carbons (Fsp3) is 0.333. The number of rotatable bonds is 6. The number of benzene rings is 1. The van der Waals surface area contributed by atoms with Gasteiger partial charge in [-0.2, -0.15) is 0 Å². The van der Waals surface area contributed by atoms with Crippen LogP contribution in [-0.4, -0.2) is 30.3 Å². The number of carboxylic acid groups (broad SMARTS) is 1. The Balaban J connectivity index is 2.56. The molecular formula is C15H17NO4S. The Morgan fingerprint density at radius 1 is 1.24 bits per heavy atom. The number of nitrogens with zero attached hydrogens (tertiary/aromatic N) is 1. The molecule has 0 aliphatic rings. The molecule has 0 unspecified atom stereocenters. The van der Waals surface area contributed by atoms with Crippen LogP contribution in [0.15, 0.2) is 18.2 Å². The van der Waals surface area contributed by atoms with E-state index in [0.717, 1.165) is 17.8 Å². The maximum atomic E-state index is 11.4. The molecular weight excluding hydrogens is 290 g/mol. The summed E-state index contributed by atoms with van der Waals surface area (Å²) in [6, 6.07) is 5.27. The minimum atomic E-state index is -0.966. The average molecular weight is 307 g/mol. The minimum absolute atomic E-state index is 0.244. The van der Waals surface area contributed by atoms with Gasteiger partial charge < -0.3 is 14.6 Å². The first kappa shape index (κ1) is 15.3. The standard InChI is InChI=1S/C15H17NO4S/c1-4-5-12-16-13(14(21-12)15(17)18)9-6-10(19-2)8-11(7-9)20-3/h6-8H,4-5H2,1-3H3,(H,17,18). The zero-order valence-corrected chi connectivity index (χ0v) is 13.0. The van der Waals surface area contributed by atoms with E-state index < -0.39 is 5.97 Å². The van der Waals surface area contributed by atoms with Crippen LogP contribution >= 0.6 is 11.3 Å². The number of aromatic nitrogens is 1. The van der Waals surface area contributed by atoms with Gasteiger partial charge in [-0.15, -0.1) is 11.3 Å². The first-order valence-corrected chi connectivity index (χ1v) is 7.37. The van der Waals surface area contributed by atoms with Crippen molar-refractivity contribution < 1.29 is 19.4 Å². The predicted octanol–water partition coefficient (Wildman–Crippen LogP) is 3.48. The molecule has 1 heterocycles. The number of thiazole rings is 1. The molecule has 0 amide bonds. The van der Waals surface area contributed by atoms with Gasteiger partial charge >= 0.3 is 5.97 Å². The van der Waals surface area contributed by atoms with E-state index in [-0.39, 0.29) is 4.88 Å². The van der Waals surface area contributed by atoms with Gasteiger partial charge in [-0.1, -0.05) is 6.92 Å². The topological polar surface area (TPSA) is 68.7 Å². The van der Waals surface area contributed by atoms with Crippen molar-refractivity contribution in [3.8, 4) is 22.8 Å². The van der Waals surface area contributed by atoms with E-state index in [0.29, 0.717) is 22.8 Å². The molecule has 1 aromatic heterocycles. The highest BCUT2D eigenvalue weighted by Crippen LogP contribution is 2.34. The number of ether oxygens (including phenoxy) is 2. The van der Waals surface area contributed by atoms with Crippen LogP contribution in [0.25, 0.3) is 11.3 Å². The molecule has 0 saturated heterocycles. The van der Waals surface area contributed by atoms with E-state index in [1.807, 2.05) is 6.92 Å². The van der Waals surface area contributed by atoms with Gasteiger partial charge in [0.05, 0.1) is 24.9 Å². The number of aromatic carboxylic acids is 1. The summed E-state index contributed by atoms with van der Waals surface area (Å²) in [6.45, 7) is 2.04. The summed E-state index contributed by atoms with van der Waals surface area (Å²) in [5.41, 5.74) is 1.15. The van der Waals surface area contributed by atoms with Gasteiger partial charge in [-0.3, -0.25) is 0 Å². The summed E-state index contributed by atoms with van der Waals surface area (Å²) in [5.74, 6) is 0.239. The number of carbonyl (C=O) groups is 1. The van der Waals surface area contributed by atoms with Crippen LogP contribution in [0.1, 0.15) is 28.0 Å². The lowest BCUT2D eigenvalue weighted by molar-refractivity contribution is 0.0702. The van der Waals surface area contributed by atoms with E-state index >= 15 is 0 Å². The lowest BCUT2D eigenvalue weighted by Crippen LogP contribution is -1.96. The Bertz CT molecular complexity index is 629. The molecule has 0 fully saturated rings. The van der Waals surface area contributed by atoms with Crippen molar-refractivity contribution in [2.75, 3.05) is 14.2 Å². The molecule has 2 aromatic rings. The Hall–Kier alpha value is -2.08. The van der Waals surface area contributed by atoms with Gasteiger partial charge in [0, 0.05) is 11.6 Å². The van der Waals surface area contributed by atoms with Gasteiger partial charge in [0.25, 0.3) is 0 Å². The second kappa shape index (κ2) is 6.58. The van der Waals surface area contributed by atoms with Gasteiger partial charge in [0.2, 0.25) is 0 Å². The SMILES string of the molecule is CCCc1nc(-c2cc(OC)cc(OC)c2)c(C(=O)O)s1. The number of carboxylic acids is 1. The van der Waals surface area contributed by atoms with Crippen LogP contribution in [0.4, 0.5) is 0 Å². The number of hydrogen-bond donors (Lipinski definition) is 1. The monoisotopic (exact) mass is 307 g/mol. The van der Waals surface area contributed by atoms with Gasteiger partial charge in [0.1, 0.15) is 16.4 Å². The van der Waals surface area contributed by atoms with Crippen molar-refractivity contribution >= 4 is 17.3 Å². The molecule has 6 heteroatoms. The van der Waals surface area contributed by atoms with Crippen molar-refractivity contribution in [1.82, 2.24) is 4.98 Å². The lowest BCUT2D eigenvalue weighted by atomic mass is 10.1. The maximum Gasteiger partial charge on any atom is 0.348 e. The lowest BCUT2D eigenvalue weighted by Gasteiger charge is -2.07. The van der Waals surface area contributed by atoms with Gasteiger partial charge in [-0.25, -0.2) is 9.78 Å². The molecule has 2 rings (SSSR count). The molecule has 1 aromatic carbocycles. The van der Waals surface area contributed by atoms with Crippen molar-refractivity contribution in [2.45, 2.75) is 19.8 Å². The van der Waals surface area contributed by atoms with Crippen molar-refractivity contribution in [3.63, 3.8) is 0 Å². The van der Waals surface area contributed by atoms with Crippen molar-refractivity contribution in [3.05, 3.63) is 28.1 Å². The van der Waals surface area contributed by atoms with Gasteiger partial charge in [0.15, 0.2) is 0 Å². The Kier molecular flexibility index (Phi) is 4.80. The van der Waals surface area contributed by atoms with E-state index in [4.69, 9.17) is 9.47 Å². The van der Waals surface area contributed by atoms with Crippen molar-refractivity contribution in [1.29, 1.82) is 0 Å². The highest BCUT2D eigenvalue weighted by Gasteiger charge is 2.19. The van der Waals surface area contributed by atoms with Gasteiger partial charge in [-0.05, 0) is 25.0 Å². The van der Waals surface area contributed by atoms with Crippen LogP contribution < -0.4 is 9.47 Å². The molecule has 0 bridgehead atoms. The maximum absolute atomic E-state index is 11.4. The second-order valence-corrected chi connectivity index (χ2v) is 5.53. The third-order valence-electron chi connectivity index (χ3n) is 2.95. The molecule has 0 aliphatic heterocycles. The highest BCUT2D eigenvalue weighted by molar-refractivity contribution is 7.14. The smallest absolute Gasteiger partial charge is 0.348 e. The number of hydrogen-bond acceptors (Lipinski definition) is 5. The first-order chi connectivity index (χ1) is 10.1. The molecule has 1 N–H and O–H groups in total. The Labute approximate surface area is 127 Å². The quantitative estimate of drug-likeness (QED) is 0.885. The molecule has 112 valence electrons. The number of aryl methyl sites for hydroxylation is 1. The summed E-state index contributed by atoms with van der Waals surface area (Å²) in [6.07, 6.45) is 1.69. The fourth-order valence-corrected chi connectivity index (χ4v) is 3.00. The summed E-state index contributed by atoms with van der Waals surface area (Å²) >= 11 is 1.22.